The fourth-order valence-electron chi connectivity index (χ4n) is 2.72. The van der Waals surface area contributed by atoms with E-state index in [1.165, 1.54) is 18.2 Å². The molecule has 0 aromatic heterocycles. The Morgan fingerprint density at radius 1 is 0.964 bits per heavy atom. The molecule has 0 heterocycles. The van der Waals surface area contributed by atoms with Gasteiger partial charge in [-0.1, -0.05) is 42.5 Å². The van der Waals surface area contributed by atoms with Gasteiger partial charge in [-0.3, -0.25) is 14.9 Å². The molecule has 0 spiro atoms. The number of nitrogens with one attached hydrogen (secondary N) is 2. The first kappa shape index (κ1) is 19.1. The van der Waals surface area contributed by atoms with Crippen LogP contribution in [0.5, 0.6) is 0 Å². The van der Waals surface area contributed by atoms with Crippen molar-refractivity contribution in [3.05, 3.63) is 99.6 Å². The highest BCUT2D eigenvalue weighted by Gasteiger charge is 2.17. The van der Waals surface area contributed by atoms with Crippen molar-refractivity contribution >= 4 is 23.0 Å². The molecule has 0 aliphatic rings. The lowest BCUT2D eigenvalue weighted by molar-refractivity contribution is -0.384. The number of hydrogen-bond acceptors (Lipinski definition) is 5. The number of hydrogen-bond donors (Lipinski definition) is 3. The average molecular weight is 377 g/mol. The van der Waals surface area contributed by atoms with Gasteiger partial charge in [-0.15, -0.1) is 0 Å². The highest BCUT2D eigenvalue weighted by Crippen LogP contribution is 2.26. The smallest absolute Gasteiger partial charge is 0.293 e. The van der Waals surface area contributed by atoms with Crippen molar-refractivity contribution in [2.45, 2.75) is 13.2 Å². The Morgan fingerprint density at radius 2 is 1.71 bits per heavy atom. The fraction of sp³-hybridized carbons (Fsp3) is 0.0952. The van der Waals surface area contributed by atoms with Crippen LogP contribution in [0.15, 0.2) is 72.8 Å². The second kappa shape index (κ2) is 8.79. The number of nitro benzene ring substituents is 1. The first-order valence-corrected chi connectivity index (χ1v) is 8.64. The maximum absolute atomic E-state index is 12.5. The van der Waals surface area contributed by atoms with Crippen molar-refractivity contribution in [1.29, 1.82) is 0 Å². The summed E-state index contributed by atoms with van der Waals surface area (Å²) in [7, 11) is 0. The molecule has 0 fully saturated rings. The Kier molecular flexibility index (Phi) is 5.98. The van der Waals surface area contributed by atoms with Crippen molar-refractivity contribution in [1.82, 2.24) is 0 Å². The topological polar surface area (TPSA) is 104 Å². The molecule has 0 aliphatic carbocycles. The van der Waals surface area contributed by atoms with Gasteiger partial charge in [0.05, 0.1) is 11.5 Å². The molecule has 7 heteroatoms. The Hall–Kier alpha value is -3.71. The molecule has 0 aliphatic heterocycles. The molecule has 142 valence electrons. The lowest BCUT2D eigenvalue weighted by Gasteiger charge is -2.10. The minimum atomic E-state index is -0.517. The Balaban J connectivity index is 1.77. The molecule has 0 saturated heterocycles. The lowest BCUT2D eigenvalue weighted by Crippen LogP contribution is -2.13. The molecular weight excluding hydrogens is 358 g/mol. The van der Waals surface area contributed by atoms with E-state index in [0.29, 0.717) is 23.5 Å². The first-order chi connectivity index (χ1) is 13.6. The van der Waals surface area contributed by atoms with Gasteiger partial charge in [-0.25, -0.2) is 0 Å². The van der Waals surface area contributed by atoms with Gasteiger partial charge < -0.3 is 15.7 Å². The third kappa shape index (κ3) is 4.72. The molecule has 0 unspecified atom stereocenters. The number of carbonyl (C=O) groups excluding carboxylic acids is 1. The van der Waals surface area contributed by atoms with Crippen molar-refractivity contribution < 1.29 is 14.8 Å². The zero-order chi connectivity index (χ0) is 19.9. The summed E-state index contributed by atoms with van der Waals surface area (Å²) in [4.78, 5) is 23.4. The summed E-state index contributed by atoms with van der Waals surface area (Å²) in [5.74, 6) is -0.465. The molecule has 3 aromatic rings. The fourth-order valence-corrected chi connectivity index (χ4v) is 2.72. The largest absolute Gasteiger partial charge is 0.392 e. The maximum atomic E-state index is 12.5. The molecule has 7 nitrogen and oxygen atoms in total. The van der Waals surface area contributed by atoms with Crippen LogP contribution in [0.1, 0.15) is 21.5 Å². The summed E-state index contributed by atoms with van der Waals surface area (Å²) in [6, 6.07) is 20.6. The second-order valence-corrected chi connectivity index (χ2v) is 6.14. The van der Waals surface area contributed by atoms with Crippen molar-refractivity contribution in [3.8, 4) is 0 Å². The van der Waals surface area contributed by atoms with Crippen LogP contribution in [0.2, 0.25) is 0 Å². The van der Waals surface area contributed by atoms with Gasteiger partial charge in [0.15, 0.2) is 0 Å². The number of carbonyl (C=O) groups is 1. The van der Waals surface area contributed by atoms with Crippen molar-refractivity contribution in [3.63, 3.8) is 0 Å². The van der Waals surface area contributed by atoms with E-state index in [1.54, 1.807) is 24.3 Å². The van der Waals surface area contributed by atoms with E-state index in [0.717, 1.165) is 5.56 Å². The number of benzene rings is 3. The van der Waals surface area contributed by atoms with E-state index in [-0.39, 0.29) is 17.9 Å². The minimum absolute atomic E-state index is 0.142. The zero-order valence-electron chi connectivity index (χ0n) is 15.0. The minimum Gasteiger partial charge on any atom is -0.392 e. The highest BCUT2D eigenvalue weighted by atomic mass is 16.6. The predicted octanol–water partition coefficient (Wildman–Crippen LogP) is 3.95. The molecule has 3 rings (SSSR count). The summed E-state index contributed by atoms with van der Waals surface area (Å²) >= 11 is 0. The van der Waals surface area contributed by atoms with Crippen LogP contribution in [-0.2, 0) is 13.2 Å². The van der Waals surface area contributed by atoms with Gasteiger partial charge in [0.1, 0.15) is 5.69 Å². The van der Waals surface area contributed by atoms with Crippen LogP contribution in [-0.4, -0.2) is 15.9 Å². The summed E-state index contributed by atoms with van der Waals surface area (Å²) in [5.41, 5.74) is 2.49. The number of nitrogens with zero attached hydrogens (tertiary/aromatic N) is 1. The van der Waals surface area contributed by atoms with E-state index >= 15 is 0 Å². The summed E-state index contributed by atoms with van der Waals surface area (Å²) in [6.45, 7) is 0.290. The highest BCUT2D eigenvalue weighted by molar-refractivity contribution is 6.05. The Labute approximate surface area is 161 Å². The first-order valence-electron chi connectivity index (χ1n) is 8.64. The molecular formula is C21H19N3O4. The normalized spacial score (nSPS) is 10.3. The Bertz CT molecular complexity index is 990. The molecule has 28 heavy (non-hydrogen) atoms. The number of anilines is 2. The summed E-state index contributed by atoms with van der Waals surface area (Å²) in [5, 5.41) is 26.4. The number of aliphatic hydroxyl groups excluding tert-OH is 1. The van der Waals surface area contributed by atoms with Crippen LogP contribution >= 0.6 is 0 Å². The number of nitro groups is 1. The monoisotopic (exact) mass is 377 g/mol. The molecule has 1 amide bonds. The summed E-state index contributed by atoms with van der Waals surface area (Å²) < 4.78 is 0. The summed E-state index contributed by atoms with van der Waals surface area (Å²) in [6.07, 6.45) is 0. The van der Waals surface area contributed by atoms with E-state index in [2.05, 4.69) is 10.6 Å². The Morgan fingerprint density at radius 3 is 2.43 bits per heavy atom. The van der Waals surface area contributed by atoms with Gasteiger partial charge >= 0.3 is 0 Å². The quantitative estimate of drug-likeness (QED) is 0.427. The van der Waals surface area contributed by atoms with E-state index in [4.69, 9.17) is 0 Å². The second-order valence-electron chi connectivity index (χ2n) is 6.14. The lowest BCUT2D eigenvalue weighted by atomic mass is 10.1. The van der Waals surface area contributed by atoms with Gasteiger partial charge in [-0.2, -0.15) is 0 Å². The van der Waals surface area contributed by atoms with Crippen LogP contribution in [0, 0.1) is 10.1 Å². The average Bonchev–Trinajstić information content (AvgIpc) is 2.73. The standard InChI is InChI=1S/C21H19N3O4/c25-14-16-7-4-8-18(11-16)23-21(26)17-9-10-19(20(12-17)24(27)28)22-13-15-5-2-1-3-6-15/h1-12,22,25H,13-14H2,(H,23,26). The third-order valence-electron chi connectivity index (χ3n) is 4.15. The molecule has 3 aromatic carbocycles. The predicted molar refractivity (Wildman–Crippen MR) is 107 cm³/mol. The molecule has 3 N–H and O–H groups in total. The molecule has 0 radical (unpaired) electrons. The van der Waals surface area contributed by atoms with Crippen LogP contribution in [0.4, 0.5) is 17.1 Å². The van der Waals surface area contributed by atoms with Crippen LogP contribution in [0.25, 0.3) is 0 Å². The van der Waals surface area contributed by atoms with Gasteiger partial charge in [0.2, 0.25) is 0 Å². The van der Waals surface area contributed by atoms with E-state index in [1.807, 2.05) is 30.3 Å². The van der Waals surface area contributed by atoms with Crippen molar-refractivity contribution in [2.75, 3.05) is 10.6 Å². The molecule has 0 atom stereocenters. The van der Waals surface area contributed by atoms with Gasteiger partial charge in [0, 0.05) is 23.9 Å². The van der Waals surface area contributed by atoms with E-state index < -0.39 is 10.8 Å². The number of aliphatic hydroxyl groups is 1. The van der Waals surface area contributed by atoms with Crippen LogP contribution in [0.3, 0.4) is 0 Å². The van der Waals surface area contributed by atoms with Gasteiger partial charge in [0.25, 0.3) is 11.6 Å². The molecule has 0 bridgehead atoms. The molecule has 0 saturated carbocycles. The SMILES string of the molecule is O=C(Nc1cccc(CO)c1)c1ccc(NCc2ccccc2)c([N+](=O)[O-])c1. The zero-order valence-corrected chi connectivity index (χ0v) is 15.0. The van der Waals surface area contributed by atoms with Crippen molar-refractivity contribution in [2.24, 2.45) is 0 Å². The maximum Gasteiger partial charge on any atom is 0.293 e. The van der Waals surface area contributed by atoms with Crippen LogP contribution < -0.4 is 10.6 Å². The number of rotatable bonds is 7. The number of amides is 1. The van der Waals surface area contributed by atoms with Gasteiger partial charge in [-0.05, 0) is 35.4 Å². The van der Waals surface area contributed by atoms with E-state index in [9.17, 15) is 20.0 Å². The third-order valence-corrected chi connectivity index (χ3v) is 4.15.